The van der Waals surface area contributed by atoms with Gasteiger partial charge in [0.15, 0.2) is 11.5 Å². The first-order chi connectivity index (χ1) is 16.1. The third kappa shape index (κ3) is 3.82. The fourth-order valence-electron chi connectivity index (χ4n) is 4.25. The van der Waals surface area contributed by atoms with Crippen LogP contribution < -0.4 is 4.90 Å². The Labute approximate surface area is 190 Å². The number of anilines is 1. The monoisotopic (exact) mass is 446 g/mol. The number of aromatic amines is 1. The Bertz CT molecular complexity index is 1250. The molecule has 0 radical (unpaired) electrons. The maximum Gasteiger partial charge on any atom is 0.326 e. The van der Waals surface area contributed by atoms with Crippen LogP contribution in [0.15, 0.2) is 49.1 Å². The molecule has 0 bridgehead atoms. The summed E-state index contributed by atoms with van der Waals surface area (Å²) in [5, 5.41) is 20.4. The van der Waals surface area contributed by atoms with Crippen LogP contribution >= 0.6 is 0 Å². The predicted octanol–water partition coefficient (Wildman–Crippen LogP) is 2.83. The number of rotatable bonds is 7. The number of aromatic nitrogens is 6. The van der Waals surface area contributed by atoms with Gasteiger partial charge < -0.3 is 10.0 Å². The number of hydrogen-bond acceptors (Lipinski definition) is 6. The summed E-state index contributed by atoms with van der Waals surface area (Å²) in [7, 11) is 0. The molecule has 1 atom stereocenters. The molecule has 4 aromatic rings. The molecule has 170 valence electrons. The zero-order valence-corrected chi connectivity index (χ0v) is 18.6. The van der Waals surface area contributed by atoms with Gasteiger partial charge in [-0.05, 0) is 24.0 Å². The van der Waals surface area contributed by atoms with E-state index in [1.165, 1.54) is 6.33 Å². The molecule has 5 rings (SSSR count). The van der Waals surface area contributed by atoms with Crippen molar-refractivity contribution in [3.63, 3.8) is 0 Å². The zero-order valence-electron chi connectivity index (χ0n) is 18.6. The highest BCUT2D eigenvalue weighted by Crippen LogP contribution is 2.31. The molecule has 10 heteroatoms. The summed E-state index contributed by atoms with van der Waals surface area (Å²) >= 11 is 0. The molecule has 3 aromatic heterocycles. The topological polar surface area (TPSA) is 116 Å². The number of nitrogens with zero attached hydrogens (tertiary/aromatic N) is 7. The Kier molecular flexibility index (Phi) is 5.51. The van der Waals surface area contributed by atoms with Gasteiger partial charge in [-0.25, -0.2) is 19.3 Å². The first-order valence-corrected chi connectivity index (χ1v) is 11.1. The first kappa shape index (κ1) is 21.1. The van der Waals surface area contributed by atoms with Crippen LogP contribution in [-0.2, 0) is 0 Å². The van der Waals surface area contributed by atoms with E-state index < -0.39 is 0 Å². The molecule has 33 heavy (non-hydrogen) atoms. The summed E-state index contributed by atoms with van der Waals surface area (Å²) in [5.74, 6) is 1.58. The lowest BCUT2D eigenvalue weighted by atomic mass is 10.0. The van der Waals surface area contributed by atoms with E-state index in [1.54, 1.807) is 20.5 Å². The smallest absolute Gasteiger partial charge is 0.326 e. The van der Waals surface area contributed by atoms with Crippen molar-refractivity contribution < 1.29 is 9.90 Å². The highest BCUT2D eigenvalue weighted by atomic mass is 16.3. The summed E-state index contributed by atoms with van der Waals surface area (Å²) in [6.45, 7) is 5.44. The molecular formula is C23H26N8O2. The van der Waals surface area contributed by atoms with E-state index in [0.717, 1.165) is 16.7 Å². The lowest BCUT2D eigenvalue weighted by molar-refractivity contribution is 0.211. The van der Waals surface area contributed by atoms with E-state index in [0.29, 0.717) is 36.8 Å². The van der Waals surface area contributed by atoms with Crippen molar-refractivity contribution in [3.05, 3.63) is 49.1 Å². The maximum absolute atomic E-state index is 13.2. The van der Waals surface area contributed by atoms with Gasteiger partial charge in [-0.15, -0.1) is 0 Å². The summed E-state index contributed by atoms with van der Waals surface area (Å²) in [6.07, 6.45) is 5.67. The molecule has 1 aliphatic rings. The van der Waals surface area contributed by atoms with E-state index in [4.69, 9.17) is 4.98 Å². The van der Waals surface area contributed by atoms with E-state index in [9.17, 15) is 9.90 Å². The highest BCUT2D eigenvalue weighted by Gasteiger charge is 2.40. The average molecular weight is 447 g/mol. The number of carbonyl (C=O) groups excluding carboxylic acids is 1. The Morgan fingerprint density at radius 3 is 2.67 bits per heavy atom. The summed E-state index contributed by atoms with van der Waals surface area (Å²) in [4.78, 5) is 25.8. The number of benzene rings is 1. The van der Waals surface area contributed by atoms with E-state index in [2.05, 4.69) is 34.1 Å². The molecule has 10 nitrogen and oxygen atoms in total. The van der Waals surface area contributed by atoms with E-state index >= 15 is 0 Å². The molecule has 0 saturated carbocycles. The van der Waals surface area contributed by atoms with Gasteiger partial charge in [0.05, 0.1) is 12.2 Å². The lowest BCUT2D eigenvalue weighted by Crippen LogP contribution is -2.38. The Morgan fingerprint density at radius 1 is 1.18 bits per heavy atom. The van der Waals surface area contributed by atoms with Gasteiger partial charge >= 0.3 is 6.03 Å². The second-order valence-corrected chi connectivity index (χ2v) is 8.51. The third-order valence-corrected chi connectivity index (χ3v) is 6.06. The fourth-order valence-corrected chi connectivity index (χ4v) is 4.25. The van der Waals surface area contributed by atoms with Crippen LogP contribution in [0.1, 0.15) is 20.3 Å². The molecule has 1 aromatic carbocycles. The molecule has 4 heterocycles. The van der Waals surface area contributed by atoms with Gasteiger partial charge in [0.1, 0.15) is 12.1 Å². The highest BCUT2D eigenvalue weighted by molar-refractivity contribution is 5.94. The summed E-state index contributed by atoms with van der Waals surface area (Å²) in [5.41, 5.74) is 3.47. The maximum atomic E-state index is 13.2. The van der Waals surface area contributed by atoms with Gasteiger partial charge in [-0.3, -0.25) is 10.00 Å². The molecule has 1 saturated heterocycles. The molecule has 1 aliphatic heterocycles. The minimum absolute atomic E-state index is 0.0127. The predicted molar refractivity (Wildman–Crippen MR) is 124 cm³/mol. The lowest BCUT2D eigenvalue weighted by Gasteiger charge is -2.25. The van der Waals surface area contributed by atoms with Crippen LogP contribution in [-0.4, -0.2) is 71.6 Å². The second-order valence-electron chi connectivity index (χ2n) is 8.51. The number of urea groups is 1. The number of nitrogens with one attached hydrogen (secondary N) is 1. The number of fused-ring (bicyclic) bond motifs is 1. The Hall–Kier alpha value is -3.79. The van der Waals surface area contributed by atoms with Crippen LogP contribution in [0.2, 0.25) is 0 Å². The number of aliphatic hydroxyl groups excluding tert-OH is 1. The number of hydrogen-bond donors (Lipinski definition) is 2. The SMILES string of the molecule is CC(C)C1CN(CCCO)C(=O)N1c1ccn2ncc(-c3ccc(-c4ncn[nH]4)cc3)c2n1. The summed E-state index contributed by atoms with van der Waals surface area (Å²) in [6, 6.07) is 9.71. The van der Waals surface area contributed by atoms with Gasteiger partial charge in [-0.2, -0.15) is 10.2 Å². The molecule has 0 spiro atoms. The minimum atomic E-state index is -0.0727. The van der Waals surface area contributed by atoms with E-state index in [-0.39, 0.29) is 24.6 Å². The Balaban J connectivity index is 1.49. The van der Waals surface area contributed by atoms with Crippen molar-refractivity contribution in [2.24, 2.45) is 5.92 Å². The van der Waals surface area contributed by atoms with Crippen molar-refractivity contribution in [1.82, 2.24) is 34.7 Å². The number of H-pyrrole nitrogens is 1. The van der Waals surface area contributed by atoms with Crippen molar-refractivity contribution in [3.8, 4) is 22.5 Å². The number of amides is 2. The average Bonchev–Trinajstić information content (AvgIpc) is 3.56. The first-order valence-electron chi connectivity index (χ1n) is 11.1. The van der Waals surface area contributed by atoms with Crippen LogP contribution in [0.3, 0.4) is 0 Å². The minimum Gasteiger partial charge on any atom is -0.396 e. The summed E-state index contributed by atoms with van der Waals surface area (Å²) < 4.78 is 1.72. The molecule has 1 unspecified atom stereocenters. The Morgan fingerprint density at radius 2 is 1.97 bits per heavy atom. The molecular weight excluding hydrogens is 420 g/mol. The van der Waals surface area contributed by atoms with Crippen LogP contribution in [0.5, 0.6) is 0 Å². The van der Waals surface area contributed by atoms with E-state index in [1.807, 2.05) is 36.5 Å². The van der Waals surface area contributed by atoms with Gasteiger partial charge in [0.25, 0.3) is 0 Å². The standard InChI is InChI=1S/C23H26N8O2/c1-15(2)19-13-29(9-3-11-32)23(33)31(19)20-8-10-30-22(27-20)18(12-26-30)16-4-6-17(7-5-16)21-24-14-25-28-21/h4-8,10,12,14-15,19,32H,3,9,11,13H2,1-2H3,(H,24,25,28). The number of carbonyl (C=O) groups is 1. The van der Waals surface area contributed by atoms with Crippen molar-refractivity contribution in [1.29, 1.82) is 0 Å². The van der Waals surface area contributed by atoms with Crippen LogP contribution in [0, 0.1) is 5.92 Å². The van der Waals surface area contributed by atoms with Crippen LogP contribution in [0.4, 0.5) is 10.6 Å². The third-order valence-electron chi connectivity index (χ3n) is 6.06. The zero-order chi connectivity index (χ0) is 22.9. The normalized spacial score (nSPS) is 16.5. The molecule has 2 amide bonds. The van der Waals surface area contributed by atoms with Gasteiger partial charge in [0, 0.05) is 37.0 Å². The quantitative estimate of drug-likeness (QED) is 0.451. The largest absolute Gasteiger partial charge is 0.396 e. The van der Waals surface area contributed by atoms with Crippen molar-refractivity contribution in [2.45, 2.75) is 26.3 Å². The van der Waals surface area contributed by atoms with Gasteiger partial charge in [0.2, 0.25) is 0 Å². The van der Waals surface area contributed by atoms with Crippen molar-refractivity contribution >= 4 is 17.5 Å². The molecule has 0 aliphatic carbocycles. The molecule has 2 N–H and O–H groups in total. The number of aliphatic hydroxyl groups is 1. The molecule has 1 fully saturated rings. The fraction of sp³-hybridized carbons (Fsp3) is 0.348. The van der Waals surface area contributed by atoms with Crippen molar-refractivity contribution in [2.75, 3.05) is 24.6 Å². The van der Waals surface area contributed by atoms with Gasteiger partial charge in [-0.1, -0.05) is 38.1 Å². The van der Waals surface area contributed by atoms with Crippen LogP contribution in [0.25, 0.3) is 28.2 Å². The second kappa shape index (κ2) is 8.62.